The maximum atomic E-state index is 12.9. The second kappa shape index (κ2) is 7.83. The molecule has 1 amide bonds. The fraction of sp³-hybridized carbons (Fsp3) is 0.318. The van der Waals surface area contributed by atoms with E-state index >= 15 is 0 Å². The molecule has 0 aliphatic rings. The van der Waals surface area contributed by atoms with Crippen molar-refractivity contribution in [3.63, 3.8) is 0 Å². The lowest BCUT2D eigenvalue weighted by atomic mass is 9.87. The van der Waals surface area contributed by atoms with E-state index in [-0.39, 0.29) is 16.9 Å². The maximum Gasteiger partial charge on any atom is 0.262 e. The number of benzene rings is 2. The van der Waals surface area contributed by atoms with Crippen LogP contribution in [0.4, 0.5) is 5.69 Å². The summed E-state index contributed by atoms with van der Waals surface area (Å²) in [5, 5.41) is 3.41. The first-order valence-electron chi connectivity index (χ1n) is 9.42. The molecule has 2 N–H and O–H groups in total. The van der Waals surface area contributed by atoms with E-state index in [4.69, 9.17) is 17.0 Å². The normalized spacial score (nSPS) is 11.5. The average molecular weight is 412 g/mol. The zero-order valence-corrected chi connectivity index (χ0v) is 18.1. The zero-order chi connectivity index (χ0) is 21.3. The summed E-state index contributed by atoms with van der Waals surface area (Å²) in [6, 6.07) is 10.7. The van der Waals surface area contributed by atoms with Crippen LogP contribution in [0.1, 0.15) is 43.6 Å². The number of H-pyrrole nitrogens is 1. The zero-order valence-electron chi connectivity index (χ0n) is 17.3. The van der Waals surface area contributed by atoms with Crippen LogP contribution in [0.15, 0.2) is 41.2 Å². The van der Waals surface area contributed by atoms with Crippen LogP contribution in [0, 0.1) is 4.77 Å². The largest absolute Gasteiger partial charge is 0.495 e. The summed E-state index contributed by atoms with van der Waals surface area (Å²) in [5.41, 5.74) is 2.39. The van der Waals surface area contributed by atoms with Crippen molar-refractivity contribution in [1.29, 1.82) is 0 Å². The lowest BCUT2D eigenvalue weighted by molar-refractivity contribution is 0.102. The minimum Gasteiger partial charge on any atom is -0.495 e. The summed E-state index contributed by atoms with van der Waals surface area (Å²) in [6.07, 6.45) is 0. The number of nitrogens with one attached hydrogen (secondary N) is 2. The summed E-state index contributed by atoms with van der Waals surface area (Å²) >= 11 is 5.25. The van der Waals surface area contributed by atoms with Crippen LogP contribution in [0.5, 0.6) is 5.75 Å². The Bertz CT molecular complexity index is 1200. The Labute approximate surface area is 174 Å². The number of amides is 1. The van der Waals surface area contributed by atoms with Gasteiger partial charge in [-0.05, 0) is 60.5 Å². The average Bonchev–Trinajstić information content (AvgIpc) is 2.67. The number of carbonyl (C=O) groups excluding carboxylic acids is 1. The molecule has 0 saturated heterocycles. The number of carbonyl (C=O) groups is 1. The summed E-state index contributed by atoms with van der Waals surface area (Å²) in [7, 11) is 1.57. The van der Waals surface area contributed by atoms with E-state index in [1.54, 1.807) is 25.3 Å². The van der Waals surface area contributed by atoms with E-state index in [9.17, 15) is 9.59 Å². The molecule has 0 aliphatic carbocycles. The van der Waals surface area contributed by atoms with Gasteiger partial charge >= 0.3 is 0 Å². The van der Waals surface area contributed by atoms with Crippen molar-refractivity contribution in [3.8, 4) is 5.75 Å². The van der Waals surface area contributed by atoms with Gasteiger partial charge < -0.3 is 15.0 Å². The molecule has 29 heavy (non-hydrogen) atoms. The highest BCUT2D eigenvalue weighted by molar-refractivity contribution is 7.71. The Morgan fingerprint density at radius 3 is 2.55 bits per heavy atom. The number of aromatic amines is 1. The van der Waals surface area contributed by atoms with Gasteiger partial charge in [0.15, 0.2) is 4.77 Å². The molecule has 6 nitrogen and oxygen atoms in total. The molecule has 1 heterocycles. The number of hydrogen-bond donors (Lipinski definition) is 2. The van der Waals surface area contributed by atoms with Gasteiger partial charge in [0.05, 0.1) is 23.7 Å². The first kappa shape index (κ1) is 20.8. The van der Waals surface area contributed by atoms with Crippen LogP contribution in [0.25, 0.3) is 10.9 Å². The highest BCUT2D eigenvalue weighted by Gasteiger charge is 2.18. The molecule has 0 aliphatic heterocycles. The van der Waals surface area contributed by atoms with E-state index in [2.05, 4.69) is 31.1 Å². The number of hydrogen-bond acceptors (Lipinski definition) is 4. The molecule has 0 bridgehead atoms. The molecule has 0 atom stereocenters. The van der Waals surface area contributed by atoms with Gasteiger partial charge in [0, 0.05) is 12.1 Å². The molecular weight excluding hydrogens is 386 g/mol. The molecule has 3 aromatic rings. The third kappa shape index (κ3) is 4.10. The quantitative estimate of drug-likeness (QED) is 0.614. The van der Waals surface area contributed by atoms with Gasteiger partial charge in [0.25, 0.3) is 11.5 Å². The van der Waals surface area contributed by atoms with Gasteiger partial charge in [-0.1, -0.05) is 26.8 Å². The van der Waals surface area contributed by atoms with Crippen LogP contribution in [0.2, 0.25) is 0 Å². The third-order valence-electron chi connectivity index (χ3n) is 4.87. The predicted octanol–water partition coefficient (Wildman–Crippen LogP) is 4.64. The van der Waals surface area contributed by atoms with Crippen molar-refractivity contribution < 1.29 is 9.53 Å². The van der Waals surface area contributed by atoms with Crippen molar-refractivity contribution >= 4 is 34.7 Å². The molecule has 1 aromatic heterocycles. The van der Waals surface area contributed by atoms with Crippen LogP contribution < -0.4 is 15.6 Å². The molecule has 2 aromatic carbocycles. The smallest absolute Gasteiger partial charge is 0.262 e. The van der Waals surface area contributed by atoms with Crippen molar-refractivity contribution in [2.75, 3.05) is 12.4 Å². The highest BCUT2D eigenvalue weighted by atomic mass is 32.1. The number of fused-ring (bicyclic) bond motifs is 1. The molecular formula is C22H25N3O3S. The molecule has 0 spiro atoms. The standard InChI is InChI=1S/C22H25N3O3S/c1-6-25-20(27)15-9-7-13(11-16(15)24-21(25)29)19(26)23-17-12-14(22(2,3)4)8-10-18(17)28-5/h7-12H,6H2,1-5H3,(H,23,26)(H,24,29). The van der Waals surface area contributed by atoms with Crippen LogP contribution in [0.3, 0.4) is 0 Å². The predicted molar refractivity (Wildman–Crippen MR) is 119 cm³/mol. The van der Waals surface area contributed by atoms with Crippen molar-refractivity contribution in [1.82, 2.24) is 9.55 Å². The van der Waals surface area contributed by atoms with Gasteiger partial charge in [-0.15, -0.1) is 0 Å². The fourth-order valence-corrected chi connectivity index (χ4v) is 3.47. The van der Waals surface area contributed by atoms with E-state index in [1.807, 2.05) is 25.1 Å². The molecule has 0 unspecified atom stereocenters. The van der Waals surface area contributed by atoms with Gasteiger partial charge in [0.2, 0.25) is 0 Å². The summed E-state index contributed by atoms with van der Waals surface area (Å²) < 4.78 is 7.22. The molecule has 7 heteroatoms. The van der Waals surface area contributed by atoms with Crippen molar-refractivity contribution in [2.45, 2.75) is 39.7 Å². The van der Waals surface area contributed by atoms with Crippen LogP contribution in [-0.2, 0) is 12.0 Å². The minimum absolute atomic E-state index is 0.0668. The second-order valence-electron chi connectivity index (χ2n) is 7.86. The van der Waals surface area contributed by atoms with Crippen LogP contribution >= 0.6 is 12.2 Å². The van der Waals surface area contributed by atoms with Crippen molar-refractivity contribution in [3.05, 3.63) is 62.6 Å². The summed E-state index contributed by atoms with van der Waals surface area (Å²) in [4.78, 5) is 28.5. The Morgan fingerprint density at radius 2 is 1.93 bits per heavy atom. The van der Waals surface area contributed by atoms with E-state index in [0.717, 1.165) is 5.56 Å². The Hall–Kier alpha value is -2.93. The van der Waals surface area contributed by atoms with Gasteiger partial charge in [-0.3, -0.25) is 14.2 Å². The number of aromatic nitrogens is 2. The lowest BCUT2D eigenvalue weighted by Gasteiger charge is -2.21. The topological polar surface area (TPSA) is 76.1 Å². The van der Waals surface area contributed by atoms with Crippen LogP contribution in [-0.4, -0.2) is 22.6 Å². The second-order valence-corrected chi connectivity index (χ2v) is 8.25. The number of ether oxygens (including phenoxy) is 1. The Morgan fingerprint density at radius 1 is 1.21 bits per heavy atom. The lowest BCUT2D eigenvalue weighted by Crippen LogP contribution is -2.21. The Kier molecular flexibility index (Phi) is 5.61. The SMILES string of the molecule is CCn1c(=S)[nH]c2cc(C(=O)Nc3cc(C(C)(C)C)ccc3OC)ccc2c1=O. The fourth-order valence-electron chi connectivity index (χ4n) is 3.15. The van der Waals surface area contributed by atoms with E-state index in [0.29, 0.717) is 39.2 Å². The van der Waals surface area contributed by atoms with E-state index < -0.39 is 0 Å². The Balaban J connectivity index is 2.00. The number of nitrogens with zero attached hydrogens (tertiary/aromatic N) is 1. The number of rotatable bonds is 4. The maximum absolute atomic E-state index is 12.9. The third-order valence-corrected chi connectivity index (χ3v) is 5.20. The van der Waals surface area contributed by atoms with Gasteiger partial charge in [0.1, 0.15) is 5.75 Å². The molecule has 0 radical (unpaired) electrons. The first-order valence-corrected chi connectivity index (χ1v) is 9.83. The van der Waals surface area contributed by atoms with Crippen molar-refractivity contribution in [2.24, 2.45) is 0 Å². The molecule has 0 saturated carbocycles. The minimum atomic E-state index is -0.296. The van der Waals surface area contributed by atoms with Gasteiger partial charge in [-0.25, -0.2) is 0 Å². The number of anilines is 1. The molecule has 3 rings (SSSR count). The molecule has 152 valence electrons. The number of methoxy groups -OCH3 is 1. The van der Waals surface area contributed by atoms with Gasteiger partial charge in [-0.2, -0.15) is 0 Å². The highest BCUT2D eigenvalue weighted by Crippen LogP contribution is 2.31. The summed E-state index contributed by atoms with van der Waals surface area (Å²) in [6.45, 7) is 8.66. The summed E-state index contributed by atoms with van der Waals surface area (Å²) in [5.74, 6) is 0.285. The first-order chi connectivity index (χ1) is 13.7. The monoisotopic (exact) mass is 411 g/mol. The van der Waals surface area contributed by atoms with E-state index in [1.165, 1.54) is 4.57 Å². The molecule has 0 fully saturated rings.